The molecule has 0 heterocycles. The summed E-state index contributed by atoms with van der Waals surface area (Å²) < 4.78 is 0. The van der Waals surface area contributed by atoms with Gasteiger partial charge in [-0.25, -0.2) is 0 Å². The second kappa shape index (κ2) is 12.1. The third-order valence-corrected chi connectivity index (χ3v) is 3.65. The molecule has 0 aromatic carbocycles. The van der Waals surface area contributed by atoms with Crippen LogP contribution < -0.4 is 0 Å². The van der Waals surface area contributed by atoms with Gasteiger partial charge in [-0.2, -0.15) is 0 Å². The number of aliphatic hydroxyl groups excluding tert-OH is 2. The number of hydrogen-bond acceptors (Lipinski definition) is 4. The van der Waals surface area contributed by atoms with Crippen LogP contribution in [0.1, 0.15) is 78.1 Å². The monoisotopic (exact) mass is 289 g/mol. The first-order valence-corrected chi connectivity index (χ1v) is 7.98. The molecule has 0 aliphatic heterocycles. The summed E-state index contributed by atoms with van der Waals surface area (Å²) in [6.07, 6.45) is 8.05. The minimum Gasteiger partial charge on any atom is -0.393 e. The maximum Gasteiger partial charge on any atom is 0.241 e. The average Bonchev–Trinajstić information content (AvgIpc) is 2.38. The van der Waals surface area contributed by atoms with E-state index in [0.29, 0.717) is 6.42 Å². The lowest BCUT2D eigenvalue weighted by atomic mass is 9.99. The van der Waals surface area contributed by atoms with Gasteiger partial charge in [0, 0.05) is 11.3 Å². The molecule has 3 unspecified atom stereocenters. The summed E-state index contributed by atoms with van der Waals surface area (Å²) in [6.45, 7) is 3.71. The number of unbranched alkanes of at least 4 members (excludes halogenated alkanes) is 7. The molecule has 0 aliphatic rings. The van der Waals surface area contributed by atoms with Crippen LogP contribution in [0.15, 0.2) is 0 Å². The molecule has 0 radical (unpaired) electrons. The van der Waals surface area contributed by atoms with Gasteiger partial charge >= 0.3 is 0 Å². The Balaban J connectivity index is 3.68. The van der Waals surface area contributed by atoms with Gasteiger partial charge in [0.1, 0.15) is 6.10 Å². The highest BCUT2D eigenvalue weighted by molar-refractivity contribution is 4.70. The van der Waals surface area contributed by atoms with E-state index < -0.39 is 23.2 Å². The van der Waals surface area contributed by atoms with Crippen LogP contribution in [-0.4, -0.2) is 33.4 Å². The van der Waals surface area contributed by atoms with Crippen molar-refractivity contribution in [3.63, 3.8) is 0 Å². The van der Waals surface area contributed by atoms with Crippen LogP contribution >= 0.6 is 0 Å². The first-order chi connectivity index (χ1) is 9.49. The summed E-state index contributed by atoms with van der Waals surface area (Å²) in [4.78, 5) is 10.4. The highest BCUT2D eigenvalue weighted by atomic mass is 16.6. The Hall–Kier alpha value is -0.680. The zero-order valence-electron chi connectivity index (χ0n) is 13.0. The van der Waals surface area contributed by atoms with Crippen LogP contribution in [0.3, 0.4) is 0 Å². The molecule has 3 atom stereocenters. The van der Waals surface area contributed by atoms with Crippen molar-refractivity contribution in [3.8, 4) is 0 Å². The fourth-order valence-electron chi connectivity index (χ4n) is 2.41. The van der Waals surface area contributed by atoms with Gasteiger partial charge in [-0.15, -0.1) is 0 Å². The van der Waals surface area contributed by atoms with Crippen molar-refractivity contribution < 1.29 is 15.1 Å². The predicted molar refractivity (Wildman–Crippen MR) is 80.3 cm³/mol. The van der Waals surface area contributed by atoms with E-state index in [9.17, 15) is 20.3 Å². The largest absolute Gasteiger partial charge is 0.393 e. The third-order valence-electron chi connectivity index (χ3n) is 3.65. The Labute approximate surface area is 122 Å². The van der Waals surface area contributed by atoms with E-state index in [0.717, 1.165) is 19.3 Å². The van der Waals surface area contributed by atoms with Crippen LogP contribution in [0.2, 0.25) is 0 Å². The second-order valence-electron chi connectivity index (χ2n) is 5.77. The summed E-state index contributed by atoms with van der Waals surface area (Å²) in [5.74, 6) is 0. The molecule has 2 N–H and O–H groups in total. The van der Waals surface area contributed by atoms with Gasteiger partial charge in [-0.05, 0) is 13.3 Å². The number of aliphatic hydroxyl groups is 2. The molecule has 0 rings (SSSR count). The number of nitrogens with zero attached hydrogens (tertiary/aromatic N) is 1. The van der Waals surface area contributed by atoms with E-state index in [1.807, 2.05) is 0 Å². The Morgan fingerprint density at radius 1 is 1.00 bits per heavy atom. The van der Waals surface area contributed by atoms with Crippen molar-refractivity contribution >= 4 is 0 Å². The van der Waals surface area contributed by atoms with Crippen molar-refractivity contribution in [1.82, 2.24) is 0 Å². The standard InChI is InChI=1S/C15H31NO4/c1-3-4-5-6-7-8-9-10-11-15(18)14(16(19)20)12-13(2)17/h13-15,17-18H,3-12H2,1-2H3. The molecule has 5 heteroatoms. The smallest absolute Gasteiger partial charge is 0.241 e. The minimum atomic E-state index is -1.04. The van der Waals surface area contributed by atoms with Gasteiger partial charge in [-0.3, -0.25) is 10.1 Å². The van der Waals surface area contributed by atoms with Crippen molar-refractivity contribution in [3.05, 3.63) is 10.1 Å². The molecule has 0 aromatic rings. The summed E-state index contributed by atoms with van der Waals surface area (Å²) in [7, 11) is 0. The van der Waals surface area contributed by atoms with Gasteiger partial charge in [0.15, 0.2) is 0 Å². The molecule has 0 aromatic heterocycles. The van der Waals surface area contributed by atoms with E-state index in [4.69, 9.17) is 0 Å². The average molecular weight is 289 g/mol. The van der Waals surface area contributed by atoms with E-state index in [1.54, 1.807) is 0 Å². The predicted octanol–water partition coefficient (Wildman–Crippen LogP) is 3.29. The lowest BCUT2D eigenvalue weighted by Crippen LogP contribution is -2.36. The lowest BCUT2D eigenvalue weighted by Gasteiger charge is -2.17. The van der Waals surface area contributed by atoms with Crippen LogP contribution in [0.4, 0.5) is 0 Å². The summed E-state index contributed by atoms with van der Waals surface area (Å²) in [6, 6.07) is -1.04. The molecule has 0 saturated carbocycles. The normalized spacial score (nSPS) is 15.8. The van der Waals surface area contributed by atoms with E-state index in [-0.39, 0.29) is 6.42 Å². The third kappa shape index (κ3) is 10.1. The molecular weight excluding hydrogens is 258 g/mol. The zero-order valence-corrected chi connectivity index (χ0v) is 13.0. The quantitative estimate of drug-likeness (QED) is 0.309. The van der Waals surface area contributed by atoms with Crippen molar-refractivity contribution in [1.29, 1.82) is 0 Å². The highest BCUT2D eigenvalue weighted by Crippen LogP contribution is 2.15. The molecule has 0 amide bonds. The molecule has 20 heavy (non-hydrogen) atoms. The van der Waals surface area contributed by atoms with E-state index in [1.165, 1.54) is 39.0 Å². The Kier molecular flexibility index (Phi) is 11.7. The molecule has 0 aliphatic carbocycles. The van der Waals surface area contributed by atoms with Gasteiger partial charge in [0.05, 0.1) is 6.10 Å². The van der Waals surface area contributed by atoms with Gasteiger partial charge in [0.2, 0.25) is 6.04 Å². The maximum atomic E-state index is 10.8. The van der Waals surface area contributed by atoms with Crippen molar-refractivity contribution in [2.75, 3.05) is 0 Å². The molecule has 120 valence electrons. The number of nitro groups is 1. The zero-order chi connectivity index (χ0) is 15.4. The maximum absolute atomic E-state index is 10.8. The second-order valence-corrected chi connectivity index (χ2v) is 5.77. The fraction of sp³-hybridized carbons (Fsp3) is 1.00. The minimum absolute atomic E-state index is 0.0190. The van der Waals surface area contributed by atoms with Crippen LogP contribution in [0, 0.1) is 10.1 Å². The fourth-order valence-corrected chi connectivity index (χ4v) is 2.41. The molecule has 5 nitrogen and oxygen atoms in total. The van der Waals surface area contributed by atoms with Crippen LogP contribution in [0.5, 0.6) is 0 Å². The SMILES string of the molecule is CCCCCCCCCCC(O)C(CC(C)O)[N+](=O)[O-]. The molecule has 0 saturated heterocycles. The number of rotatable bonds is 13. The number of hydrogen-bond donors (Lipinski definition) is 2. The summed E-state index contributed by atoms with van der Waals surface area (Å²) in [5, 5.41) is 29.9. The van der Waals surface area contributed by atoms with E-state index in [2.05, 4.69) is 6.92 Å². The van der Waals surface area contributed by atoms with Crippen LogP contribution in [-0.2, 0) is 0 Å². The van der Waals surface area contributed by atoms with Crippen molar-refractivity contribution in [2.45, 2.75) is 96.3 Å². The molecular formula is C15H31NO4. The van der Waals surface area contributed by atoms with Gasteiger partial charge in [-0.1, -0.05) is 58.3 Å². The lowest BCUT2D eigenvalue weighted by molar-refractivity contribution is -0.537. The Bertz CT molecular complexity index is 246. The van der Waals surface area contributed by atoms with Crippen molar-refractivity contribution in [2.24, 2.45) is 0 Å². The summed E-state index contributed by atoms with van der Waals surface area (Å²) in [5.41, 5.74) is 0. The Morgan fingerprint density at radius 2 is 1.50 bits per heavy atom. The molecule has 0 spiro atoms. The summed E-state index contributed by atoms with van der Waals surface area (Å²) >= 11 is 0. The topological polar surface area (TPSA) is 83.6 Å². The highest BCUT2D eigenvalue weighted by Gasteiger charge is 2.30. The van der Waals surface area contributed by atoms with Gasteiger partial charge < -0.3 is 10.2 Å². The molecule has 0 fully saturated rings. The Morgan fingerprint density at radius 3 is 1.95 bits per heavy atom. The first kappa shape index (κ1) is 19.3. The first-order valence-electron chi connectivity index (χ1n) is 7.98. The van der Waals surface area contributed by atoms with Crippen LogP contribution in [0.25, 0.3) is 0 Å². The van der Waals surface area contributed by atoms with Gasteiger partial charge in [0.25, 0.3) is 0 Å². The molecule has 0 bridgehead atoms. The van der Waals surface area contributed by atoms with E-state index >= 15 is 0 Å².